The number of nitrogen functional groups attached to an aromatic ring is 1. The van der Waals surface area contributed by atoms with Crippen molar-refractivity contribution >= 4 is 44.1 Å². The molecule has 1 aliphatic heterocycles. The van der Waals surface area contributed by atoms with Gasteiger partial charge in [0.15, 0.2) is 5.13 Å². The molecular weight excluding hydrogens is 589 g/mol. The summed E-state index contributed by atoms with van der Waals surface area (Å²) in [5.41, 5.74) is 5.15. The summed E-state index contributed by atoms with van der Waals surface area (Å²) < 4.78 is 86.1. The molecule has 18 heteroatoms. The van der Waals surface area contributed by atoms with Crippen LogP contribution in [0.4, 0.5) is 32.9 Å². The van der Waals surface area contributed by atoms with E-state index < -0.39 is 45.2 Å². The number of piperidine rings is 1. The molecule has 0 radical (unpaired) electrons. The average molecular weight is 618 g/mol. The molecule has 1 saturated heterocycles. The third-order valence-electron chi connectivity index (χ3n) is 5.52. The Balaban J connectivity index is 0.000000708. The zero-order valence-electron chi connectivity index (χ0n) is 20.9. The van der Waals surface area contributed by atoms with Gasteiger partial charge in [-0.1, -0.05) is 17.4 Å². The fourth-order valence-corrected chi connectivity index (χ4v) is 5.83. The maximum atomic E-state index is 14.0. The molecular formula is C22H28F5N5O6S2. The number of carbonyl (C=O) groups is 2. The molecule has 1 aromatic heterocycles. The van der Waals surface area contributed by atoms with Crippen molar-refractivity contribution in [3.8, 4) is 0 Å². The van der Waals surface area contributed by atoms with Gasteiger partial charge >= 0.3 is 12.1 Å². The molecule has 1 aliphatic rings. The van der Waals surface area contributed by atoms with Gasteiger partial charge in [0, 0.05) is 32.3 Å². The van der Waals surface area contributed by atoms with Crippen molar-refractivity contribution in [2.75, 3.05) is 49.6 Å². The highest BCUT2D eigenvalue weighted by atomic mass is 32.2. The van der Waals surface area contributed by atoms with E-state index in [0.29, 0.717) is 50.6 Å². The smallest absolute Gasteiger partial charge is 0.475 e. The number of alkyl halides is 3. The van der Waals surface area contributed by atoms with E-state index in [9.17, 15) is 35.2 Å². The molecule has 0 aliphatic carbocycles. The van der Waals surface area contributed by atoms with Gasteiger partial charge < -0.3 is 26.6 Å². The Morgan fingerprint density at radius 2 is 1.73 bits per heavy atom. The van der Waals surface area contributed by atoms with Crippen LogP contribution in [0.15, 0.2) is 18.2 Å². The number of aliphatic carboxylic acids is 1. The van der Waals surface area contributed by atoms with E-state index in [-0.39, 0.29) is 29.1 Å². The van der Waals surface area contributed by atoms with Crippen LogP contribution in [0.1, 0.15) is 34.5 Å². The summed E-state index contributed by atoms with van der Waals surface area (Å²) in [4.78, 5) is 25.5. The van der Waals surface area contributed by atoms with E-state index in [2.05, 4.69) is 15.6 Å². The van der Waals surface area contributed by atoms with Crippen molar-refractivity contribution in [3.05, 3.63) is 40.3 Å². The number of halogens is 5. The van der Waals surface area contributed by atoms with Gasteiger partial charge in [-0.3, -0.25) is 4.79 Å². The lowest BCUT2D eigenvalue weighted by Crippen LogP contribution is -2.44. The van der Waals surface area contributed by atoms with Crippen LogP contribution in [0.3, 0.4) is 0 Å². The minimum atomic E-state index is -5.08. The van der Waals surface area contributed by atoms with Crippen LogP contribution >= 0.6 is 11.3 Å². The number of carboxylic acid groups (broad SMARTS) is 1. The second kappa shape index (κ2) is 14.6. The van der Waals surface area contributed by atoms with Crippen molar-refractivity contribution in [1.29, 1.82) is 0 Å². The predicted octanol–water partition coefficient (Wildman–Crippen LogP) is 2.05. The highest BCUT2D eigenvalue weighted by Gasteiger charge is 2.38. The van der Waals surface area contributed by atoms with E-state index in [4.69, 9.17) is 20.7 Å². The molecule has 3 rings (SSSR count). The Morgan fingerprint density at radius 1 is 1.15 bits per heavy atom. The number of rotatable bonds is 11. The number of hydrogen-bond acceptors (Lipinski definition) is 10. The number of thiazole rings is 1. The Bertz CT molecular complexity index is 1250. The molecule has 0 amide bonds. The van der Waals surface area contributed by atoms with Crippen LogP contribution in [0.5, 0.6) is 0 Å². The largest absolute Gasteiger partial charge is 0.490 e. The third kappa shape index (κ3) is 9.61. The lowest BCUT2D eigenvalue weighted by atomic mass is 10.1. The summed E-state index contributed by atoms with van der Waals surface area (Å²) in [6.45, 7) is 1.61. The van der Waals surface area contributed by atoms with Crippen LogP contribution < -0.4 is 16.4 Å². The van der Waals surface area contributed by atoms with Gasteiger partial charge in [0.05, 0.1) is 11.3 Å². The predicted molar refractivity (Wildman–Crippen MR) is 137 cm³/mol. The number of aliphatic hydroxyl groups excluding tert-OH is 1. The number of hydrogen-bond donors (Lipinski definition) is 5. The fraction of sp³-hybridized carbons (Fsp3) is 0.500. The van der Waals surface area contributed by atoms with E-state index in [1.54, 1.807) is 0 Å². The maximum Gasteiger partial charge on any atom is 0.490 e. The quantitative estimate of drug-likeness (QED) is 0.143. The van der Waals surface area contributed by atoms with Crippen LogP contribution in [-0.2, 0) is 14.8 Å². The molecule has 0 spiro atoms. The van der Waals surface area contributed by atoms with Gasteiger partial charge in [-0.15, -0.1) is 0 Å². The van der Waals surface area contributed by atoms with Gasteiger partial charge in [0.2, 0.25) is 15.8 Å². The van der Waals surface area contributed by atoms with Gasteiger partial charge in [0.1, 0.15) is 22.3 Å². The number of anilines is 2. The first-order valence-corrected chi connectivity index (χ1v) is 14.2. The topological polar surface area (TPSA) is 175 Å². The molecule has 1 aromatic carbocycles. The number of carbonyl (C=O) groups excluding carboxylic acids is 1. The first-order valence-electron chi connectivity index (χ1n) is 11.8. The molecule has 1 fully saturated rings. The Hall–Kier alpha value is -2.93. The van der Waals surface area contributed by atoms with Crippen molar-refractivity contribution in [2.24, 2.45) is 0 Å². The monoisotopic (exact) mass is 617 g/mol. The molecule has 0 saturated carbocycles. The lowest BCUT2D eigenvalue weighted by molar-refractivity contribution is -0.192. The zero-order valence-corrected chi connectivity index (χ0v) is 22.5. The minimum absolute atomic E-state index is 0.0163. The first kappa shape index (κ1) is 33.3. The standard InChI is InChI=1S/C20H27F2N5O4S2.C2HF3O2/c21-14-3-1-4-15(22)16(14)17(29)18-19(23)26-20(32-18)25-13-5-9-27(10-6-13)33(30,31)12-8-24-7-2-11-28;3-2(4,5)1(6)7/h1,3-4,13,24,28H,2,5-12,23H2,(H,25,26);(H,6,7). The zero-order chi connectivity index (χ0) is 30.1. The number of nitrogens with one attached hydrogen (secondary N) is 2. The number of nitrogens with two attached hydrogens (primary N) is 1. The Morgan fingerprint density at radius 3 is 2.25 bits per heavy atom. The second-order valence-electron chi connectivity index (χ2n) is 8.42. The molecule has 11 nitrogen and oxygen atoms in total. The van der Waals surface area contributed by atoms with E-state index >= 15 is 0 Å². The van der Waals surface area contributed by atoms with Crippen molar-refractivity contribution < 1.29 is 50.2 Å². The summed E-state index contributed by atoms with van der Waals surface area (Å²) in [5, 5.41) is 22.3. The normalized spacial score (nSPS) is 14.8. The average Bonchev–Trinajstić information content (AvgIpc) is 3.23. The molecule has 6 N–H and O–H groups in total. The van der Waals surface area contributed by atoms with E-state index in [1.807, 2.05) is 0 Å². The van der Waals surface area contributed by atoms with Crippen LogP contribution in [0, 0.1) is 11.6 Å². The summed E-state index contributed by atoms with van der Waals surface area (Å²) >= 11 is 0.909. The highest BCUT2D eigenvalue weighted by Crippen LogP contribution is 2.30. The summed E-state index contributed by atoms with van der Waals surface area (Å²) in [6.07, 6.45) is -3.45. The third-order valence-corrected chi connectivity index (χ3v) is 8.39. The Labute approximate surface area is 230 Å². The van der Waals surface area contributed by atoms with Crippen LogP contribution in [0.2, 0.25) is 0 Å². The number of benzene rings is 1. The van der Waals surface area contributed by atoms with Crippen molar-refractivity contribution in [3.63, 3.8) is 0 Å². The lowest BCUT2D eigenvalue weighted by Gasteiger charge is -2.31. The molecule has 224 valence electrons. The number of aromatic nitrogens is 1. The molecule has 40 heavy (non-hydrogen) atoms. The molecule has 0 bridgehead atoms. The molecule has 2 heterocycles. The van der Waals surface area contributed by atoms with Gasteiger partial charge in [-0.25, -0.2) is 31.3 Å². The number of aliphatic hydroxyl groups is 1. The minimum Gasteiger partial charge on any atom is -0.475 e. The molecule has 0 atom stereocenters. The van der Waals surface area contributed by atoms with Crippen LogP contribution in [-0.4, -0.2) is 90.4 Å². The number of nitrogens with zero attached hydrogens (tertiary/aromatic N) is 2. The molecule has 2 aromatic rings. The fourth-order valence-electron chi connectivity index (χ4n) is 3.50. The van der Waals surface area contributed by atoms with Crippen LogP contribution in [0.25, 0.3) is 0 Å². The van der Waals surface area contributed by atoms with E-state index in [1.165, 1.54) is 10.4 Å². The number of carboxylic acids is 1. The summed E-state index contributed by atoms with van der Waals surface area (Å²) in [5.74, 6) is -5.71. The van der Waals surface area contributed by atoms with Gasteiger partial charge in [-0.05, 0) is 37.9 Å². The highest BCUT2D eigenvalue weighted by molar-refractivity contribution is 7.89. The van der Waals surface area contributed by atoms with Crippen molar-refractivity contribution in [2.45, 2.75) is 31.5 Å². The molecule has 0 unspecified atom stereocenters. The Kier molecular flexibility index (Phi) is 12.2. The summed E-state index contributed by atoms with van der Waals surface area (Å²) in [7, 11) is -3.39. The van der Waals surface area contributed by atoms with Gasteiger partial charge in [-0.2, -0.15) is 13.2 Å². The van der Waals surface area contributed by atoms with E-state index in [0.717, 1.165) is 23.5 Å². The summed E-state index contributed by atoms with van der Waals surface area (Å²) in [6, 6.07) is 3.09. The van der Waals surface area contributed by atoms with Crippen molar-refractivity contribution in [1.82, 2.24) is 14.6 Å². The SMILES string of the molecule is Nc1nc(NC2CCN(S(=O)(=O)CCNCCCO)CC2)sc1C(=O)c1c(F)cccc1F.O=C(O)C(F)(F)F. The first-order chi connectivity index (χ1) is 18.7. The van der Waals surface area contributed by atoms with Gasteiger partial charge in [0.25, 0.3) is 0 Å². The maximum absolute atomic E-state index is 14.0. The second-order valence-corrected chi connectivity index (χ2v) is 11.5. The number of ketones is 1. The number of sulfonamides is 1.